The molecule has 0 spiro atoms. The predicted molar refractivity (Wildman–Crippen MR) is 99.5 cm³/mol. The van der Waals surface area contributed by atoms with Crippen LogP contribution in [0.4, 0.5) is 0 Å². The minimum atomic E-state index is -0.0951. The second-order valence-electron chi connectivity index (χ2n) is 6.59. The van der Waals surface area contributed by atoms with Gasteiger partial charge in [0.25, 0.3) is 11.6 Å². The molecule has 26 heavy (non-hydrogen) atoms. The van der Waals surface area contributed by atoms with E-state index in [9.17, 15) is 4.79 Å². The van der Waals surface area contributed by atoms with E-state index in [1.807, 2.05) is 57.2 Å². The summed E-state index contributed by atoms with van der Waals surface area (Å²) in [5, 5.41) is 4.64. The Kier molecular flexibility index (Phi) is 5.21. The van der Waals surface area contributed by atoms with Gasteiger partial charge in [0.1, 0.15) is 12.4 Å². The molecule has 6 nitrogen and oxygen atoms in total. The van der Waals surface area contributed by atoms with Gasteiger partial charge in [-0.1, -0.05) is 37.2 Å². The number of hydrogen-bond donors (Lipinski definition) is 0. The molecule has 2 heterocycles. The van der Waals surface area contributed by atoms with E-state index >= 15 is 0 Å². The Hall–Kier alpha value is -2.89. The summed E-state index contributed by atoms with van der Waals surface area (Å²) in [4.78, 5) is 19.1. The molecular formula is C20H23N3O3. The molecule has 0 aliphatic heterocycles. The number of para-hydroxylation sites is 1. The summed E-state index contributed by atoms with van der Waals surface area (Å²) in [5.41, 5.74) is 2.46. The fraction of sp³-hybridized carbons (Fsp3) is 0.350. The molecule has 0 unspecified atom stereocenters. The van der Waals surface area contributed by atoms with Crippen molar-refractivity contribution in [1.29, 1.82) is 0 Å². The molecule has 0 fully saturated rings. The Morgan fingerprint density at radius 2 is 2.00 bits per heavy atom. The monoisotopic (exact) mass is 353 g/mol. The Morgan fingerprint density at radius 3 is 2.69 bits per heavy atom. The molecule has 0 atom stereocenters. The highest BCUT2D eigenvalue weighted by atomic mass is 16.5. The van der Waals surface area contributed by atoms with Crippen molar-refractivity contribution in [2.24, 2.45) is 0 Å². The van der Waals surface area contributed by atoms with Crippen LogP contribution in [0.1, 0.15) is 41.5 Å². The van der Waals surface area contributed by atoms with Crippen molar-refractivity contribution in [3.8, 4) is 5.75 Å². The molecular weight excluding hydrogens is 330 g/mol. The predicted octanol–water partition coefficient (Wildman–Crippen LogP) is 3.81. The summed E-state index contributed by atoms with van der Waals surface area (Å²) in [7, 11) is 1.76. The average molecular weight is 353 g/mol. The number of pyridine rings is 1. The molecule has 0 radical (unpaired) electrons. The zero-order chi connectivity index (χ0) is 18.7. The minimum Gasteiger partial charge on any atom is -0.492 e. The normalized spacial score (nSPS) is 11.1. The second-order valence-corrected chi connectivity index (χ2v) is 6.59. The fourth-order valence-electron chi connectivity index (χ4n) is 2.70. The largest absolute Gasteiger partial charge is 0.492 e. The number of benzene rings is 1. The van der Waals surface area contributed by atoms with Gasteiger partial charge in [-0.3, -0.25) is 4.79 Å². The van der Waals surface area contributed by atoms with Gasteiger partial charge in [-0.2, -0.15) is 0 Å². The van der Waals surface area contributed by atoms with Crippen LogP contribution in [0.2, 0.25) is 0 Å². The lowest BCUT2D eigenvalue weighted by atomic mass is 10.0. The first-order chi connectivity index (χ1) is 12.5. The third-order valence-electron chi connectivity index (χ3n) is 4.24. The summed E-state index contributed by atoms with van der Waals surface area (Å²) < 4.78 is 11.0. The van der Waals surface area contributed by atoms with Gasteiger partial charge in [-0.15, -0.1) is 0 Å². The highest BCUT2D eigenvalue weighted by Gasteiger charge is 2.22. The number of ether oxygens (including phenoxy) is 1. The first-order valence-electron chi connectivity index (χ1n) is 8.67. The third kappa shape index (κ3) is 3.69. The number of aryl methyl sites for hydroxylation is 1. The Morgan fingerprint density at radius 1 is 1.27 bits per heavy atom. The van der Waals surface area contributed by atoms with Crippen LogP contribution in [-0.2, 0) is 0 Å². The van der Waals surface area contributed by atoms with E-state index in [0.29, 0.717) is 35.5 Å². The molecule has 0 aliphatic rings. The Labute approximate surface area is 152 Å². The molecule has 0 aliphatic carbocycles. The lowest BCUT2D eigenvalue weighted by Gasteiger charge is -2.18. The second kappa shape index (κ2) is 7.56. The van der Waals surface area contributed by atoms with Crippen molar-refractivity contribution in [2.75, 3.05) is 20.2 Å². The smallest absolute Gasteiger partial charge is 0.259 e. The molecule has 0 N–H and O–H groups in total. The lowest BCUT2D eigenvalue weighted by Crippen LogP contribution is -2.31. The SMILES string of the molecule is Cc1noc2nc(C(C)C)cc(C(=O)N(C)CCOc3ccccc3)c12. The van der Waals surface area contributed by atoms with Crippen molar-refractivity contribution in [2.45, 2.75) is 26.7 Å². The maximum absolute atomic E-state index is 13.0. The van der Waals surface area contributed by atoms with E-state index in [4.69, 9.17) is 9.26 Å². The van der Waals surface area contributed by atoms with Crippen LogP contribution in [0.25, 0.3) is 11.1 Å². The summed E-state index contributed by atoms with van der Waals surface area (Å²) in [6.07, 6.45) is 0. The van der Waals surface area contributed by atoms with Gasteiger partial charge in [0.05, 0.1) is 23.2 Å². The van der Waals surface area contributed by atoms with Crippen molar-refractivity contribution in [1.82, 2.24) is 15.0 Å². The van der Waals surface area contributed by atoms with E-state index in [2.05, 4.69) is 10.1 Å². The van der Waals surface area contributed by atoms with Crippen LogP contribution in [0.5, 0.6) is 5.75 Å². The van der Waals surface area contributed by atoms with E-state index in [1.165, 1.54) is 0 Å². The molecule has 3 rings (SSSR count). The number of hydrogen-bond acceptors (Lipinski definition) is 5. The number of likely N-dealkylation sites (N-methyl/N-ethyl adjacent to an activating group) is 1. The van der Waals surface area contributed by atoms with Crippen molar-refractivity contribution in [3.05, 3.63) is 53.3 Å². The van der Waals surface area contributed by atoms with Crippen molar-refractivity contribution < 1.29 is 14.1 Å². The number of carbonyl (C=O) groups is 1. The minimum absolute atomic E-state index is 0.0951. The quantitative estimate of drug-likeness (QED) is 0.674. The van der Waals surface area contributed by atoms with E-state index < -0.39 is 0 Å². The molecule has 1 aromatic carbocycles. The molecule has 0 saturated carbocycles. The van der Waals surface area contributed by atoms with Gasteiger partial charge >= 0.3 is 0 Å². The molecule has 1 amide bonds. The highest BCUT2D eigenvalue weighted by molar-refractivity contribution is 6.05. The first kappa shape index (κ1) is 17.9. The maximum atomic E-state index is 13.0. The third-order valence-corrected chi connectivity index (χ3v) is 4.24. The number of amides is 1. The van der Waals surface area contributed by atoms with Crippen molar-refractivity contribution in [3.63, 3.8) is 0 Å². The Balaban J connectivity index is 1.78. The first-order valence-corrected chi connectivity index (χ1v) is 8.67. The zero-order valence-corrected chi connectivity index (χ0v) is 15.5. The number of carbonyl (C=O) groups excluding carboxylic acids is 1. The average Bonchev–Trinajstić information content (AvgIpc) is 3.02. The van der Waals surface area contributed by atoms with Gasteiger partial charge < -0.3 is 14.2 Å². The van der Waals surface area contributed by atoms with Gasteiger partial charge in [0.2, 0.25) is 0 Å². The van der Waals surface area contributed by atoms with Gasteiger partial charge in [0.15, 0.2) is 0 Å². The van der Waals surface area contributed by atoms with Crippen LogP contribution < -0.4 is 4.74 Å². The zero-order valence-electron chi connectivity index (χ0n) is 15.5. The van der Waals surface area contributed by atoms with Gasteiger partial charge in [-0.25, -0.2) is 4.98 Å². The van der Waals surface area contributed by atoms with Crippen LogP contribution in [0, 0.1) is 6.92 Å². The summed E-state index contributed by atoms with van der Waals surface area (Å²) in [5.74, 6) is 0.877. The molecule has 0 saturated heterocycles. The van der Waals surface area contributed by atoms with Crippen LogP contribution in [-0.4, -0.2) is 41.1 Å². The summed E-state index contributed by atoms with van der Waals surface area (Å²) in [6.45, 7) is 6.77. The molecule has 3 aromatic rings. The fourth-order valence-corrected chi connectivity index (χ4v) is 2.70. The molecule has 136 valence electrons. The number of fused-ring (bicyclic) bond motifs is 1. The number of rotatable bonds is 6. The molecule has 2 aromatic heterocycles. The molecule has 0 bridgehead atoms. The molecule has 6 heteroatoms. The van der Waals surface area contributed by atoms with E-state index in [1.54, 1.807) is 11.9 Å². The van der Waals surface area contributed by atoms with Gasteiger partial charge in [0, 0.05) is 12.7 Å². The van der Waals surface area contributed by atoms with E-state index in [0.717, 1.165) is 11.4 Å². The van der Waals surface area contributed by atoms with Crippen LogP contribution >= 0.6 is 0 Å². The standard InChI is InChI=1S/C20H23N3O3/c1-13(2)17-12-16(18-14(3)22-26-19(18)21-17)20(24)23(4)10-11-25-15-8-6-5-7-9-15/h5-9,12-13H,10-11H2,1-4H3. The van der Waals surface area contributed by atoms with E-state index in [-0.39, 0.29) is 11.8 Å². The summed E-state index contributed by atoms with van der Waals surface area (Å²) >= 11 is 0. The number of aromatic nitrogens is 2. The topological polar surface area (TPSA) is 68.5 Å². The van der Waals surface area contributed by atoms with Crippen LogP contribution in [0.3, 0.4) is 0 Å². The lowest BCUT2D eigenvalue weighted by molar-refractivity contribution is 0.0775. The highest BCUT2D eigenvalue weighted by Crippen LogP contribution is 2.26. The summed E-state index contributed by atoms with van der Waals surface area (Å²) in [6, 6.07) is 11.4. The Bertz CT molecular complexity index is 903. The van der Waals surface area contributed by atoms with Crippen molar-refractivity contribution >= 4 is 17.0 Å². The number of nitrogens with zero attached hydrogens (tertiary/aromatic N) is 3. The van der Waals surface area contributed by atoms with Crippen LogP contribution in [0.15, 0.2) is 40.9 Å². The maximum Gasteiger partial charge on any atom is 0.259 e. The van der Waals surface area contributed by atoms with Gasteiger partial charge in [-0.05, 0) is 31.0 Å².